The molecule has 2 rings (SSSR count). The molecule has 6 atom stereocenters. The third-order valence-electron chi connectivity index (χ3n) is 6.97. The molecule has 6 N–H and O–H groups in total. The summed E-state index contributed by atoms with van der Waals surface area (Å²) in [6, 6.07) is 0.328. The zero-order valence-electron chi connectivity index (χ0n) is 26.2. The Morgan fingerprint density at radius 1 is 1.15 bits per heavy atom. The summed E-state index contributed by atoms with van der Waals surface area (Å²) in [5.74, 6) is 0. The molecule has 1 aliphatic heterocycles. The summed E-state index contributed by atoms with van der Waals surface area (Å²) in [5.41, 5.74) is 3.28. The van der Waals surface area contributed by atoms with Crippen LogP contribution in [0.2, 0.25) is 0 Å². The van der Waals surface area contributed by atoms with E-state index in [9.17, 15) is 24.5 Å². The number of hydrogen-bond acceptors (Lipinski definition) is 10. The average molecular weight is 626 g/mol. The van der Waals surface area contributed by atoms with E-state index in [-0.39, 0.29) is 11.4 Å². The fourth-order valence-electron chi connectivity index (χ4n) is 4.52. The van der Waals surface area contributed by atoms with Gasteiger partial charge in [-0.3, -0.25) is 23.4 Å². The van der Waals surface area contributed by atoms with Gasteiger partial charge in [0, 0.05) is 18.9 Å². The number of ether oxygens (including phenoxy) is 2. The molecule has 0 aromatic carbocycles. The van der Waals surface area contributed by atoms with Crippen LogP contribution in [0.15, 0.2) is 17.1 Å². The highest BCUT2D eigenvalue weighted by atomic mass is 32.1. The Bertz CT molecular complexity index is 1120. The number of H-pyrrole nitrogens is 1. The smallest absolute Gasteiger partial charge is 0.387 e. The molecule has 0 saturated carbocycles. The second kappa shape index (κ2) is 18.6. The van der Waals surface area contributed by atoms with E-state index in [1.165, 1.54) is 64.0 Å². The van der Waals surface area contributed by atoms with Crippen LogP contribution in [-0.2, 0) is 23.1 Å². The second-order valence-corrected chi connectivity index (χ2v) is 12.6. The lowest BCUT2D eigenvalue weighted by molar-refractivity contribution is -0.0978. The predicted octanol–water partition coefficient (Wildman–Crippen LogP) is 4.09. The molecule has 2 unspecified atom stereocenters. The van der Waals surface area contributed by atoms with Crippen LogP contribution in [0.1, 0.15) is 99.9 Å². The number of aliphatic hydroxyl groups is 2. The Morgan fingerprint density at radius 3 is 2.32 bits per heavy atom. The predicted molar refractivity (Wildman–Crippen MR) is 158 cm³/mol. The topological polar surface area (TPSA) is 178 Å². The van der Waals surface area contributed by atoms with Gasteiger partial charge in [0.25, 0.3) is 5.56 Å². The molecule has 1 aromatic heterocycles. The highest BCUT2D eigenvalue weighted by Gasteiger charge is 2.53. The number of phosphoric ester groups is 1. The third kappa shape index (κ3) is 13.0. The minimum atomic E-state index is -5.03. The highest BCUT2D eigenvalue weighted by molar-refractivity contribution is 7.71. The van der Waals surface area contributed by atoms with Crippen molar-refractivity contribution < 1.29 is 40.9 Å². The van der Waals surface area contributed by atoms with Crippen LogP contribution in [0.5, 0.6) is 0 Å². The molecule has 1 aliphatic rings. The van der Waals surface area contributed by atoms with Gasteiger partial charge < -0.3 is 30.3 Å². The standard InChI is InChI=1S/C27H50N3O9PS/c1-3-4-5-6-7-8-9-10-11-12-13-14-17-36-18-21(28)19-37-40(34,35)38-20-22-24(32)27(2,33)25(39-22)30-16-15-23(31)29-26(30)41/h15-16,21-22,24-25,32-33H,3-14,17-20,28H2,1-2H3,(H,34,35)(H,29,31,41)/t21-,22-,24+,25-,27?/m1/s1/i20D2. The van der Waals surface area contributed by atoms with Crippen LogP contribution in [0.4, 0.5) is 0 Å². The summed E-state index contributed by atoms with van der Waals surface area (Å²) >= 11 is 5.07. The van der Waals surface area contributed by atoms with Gasteiger partial charge in [-0.2, -0.15) is 0 Å². The molecule has 1 saturated heterocycles. The molecule has 41 heavy (non-hydrogen) atoms. The number of nitrogens with two attached hydrogens (primary N) is 1. The largest absolute Gasteiger partial charge is 0.472 e. The Morgan fingerprint density at radius 2 is 1.73 bits per heavy atom. The Hall–Kier alpha value is -0.990. The molecule has 0 aliphatic carbocycles. The molecule has 0 spiro atoms. The van der Waals surface area contributed by atoms with Crippen LogP contribution in [0.3, 0.4) is 0 Å². The summed E-state index contributed by atoms with van der Waals surface area (Å²) in [6.07, 6.45) is 10.7. The number of unbranched alkanes of at least 4 members (excludes halogenated alkanes) is 11. The summed E-state index contributed by atoms with van der Waals surface area (Å²) in [4.78, 5) is 24.0. The number of nitrogens with one attached hydrogen (secondary N) is 1. The number of phosphoric acid groups is 1. The van der Waals surface area contributed by atoms with Crippen molar-refractivity contribution in [2.75, 3.05) is 26.4 Å². The first kappa shape index (κ1) is 32.9. The van der Waals surface area contributed by atoms with E-state index in [2.05, 4.69) is 11.9 Å². The minimum Gasteiger partial charge on any atom is -0.387 e. The molecule has 12 nitrogen and oxygen atoms in total. The molecule has 1 fully saturated rings. The van der Waals surface area contributed by atoms with Gasteiger partial charge in [-0.05, 0) is 25.6 Å². The van der Waals surface area contributed by atoms with Crippen molar-refractivity contribution in [2.45, 2.75) is 121 Å². The maximum absolute atomic E-state index is 12.5. The fraction of sp³-hybridized carbons (Fsp3) is 0.852. The number of aliphatic hydroxyl groups excluding tert-OH is 1. The van der Waals surface area contributed by atoms with Crippen molar-refractivity contribution in [3.63, 3.8) is 0 Å². The van der Waals surface area contributed by atoms with Gasteiger partial charge in [-0.25, -0.2) is 4.57 Å². The SMILES string of the molecule is [2H]C([2H])(OP(=O)(O)OC[C@H](N)COCCCCCCCCCCCCCC)[C@H]1O[C@@H](n2ccc(=O)[nH]c2=S)C(C)(O)[C@H]1O. The van der Waals surface area contributed by atoms with Gasteiger partial charge in [-0.15, -0.1) is 0 Å². The normalized spacial score (nSPS) is 26.0. The van der Waals surface area contributed by atoms with E-state index < -0.39 is 56.6 Å². The van der Waals surface area contributed by atoms with E-state index in [0.29, 0.717) is 6.61 Å². The first-order valence-corrected chi connectivity index (χ1v) is 16.5. The summed E-state index contributed by atoms with van der Waals surface area (Å²) in [5, 5.41) is 21.5. The van der Waals surface area contributed by atoms with Gasteiger partial charge in [0.05, 0.1) is 28.6 Å². The van der Waals surface area contributed by atoms with Crippen molar-refractivity contribution in [3.05, 3.63) is 27.4 Å². The number of aromatic amines is 1. The lowest BCUT2D eigenvalue weighted by Gasteiger charge is -2.27. The molecule has 0 amide bonds. The van der Waals surface area contributed by atoms with Crippen LogP contribution in [0.25, 0.3) is 0 Å². The molecule has 0 bridgehead atoms. The molecule has 14 heteroatoms. The number of aromatic nitrogens is 2. The summed E-state index contributed by atoms with van der Waals surface area (Å²) in [7, 11) is -5.03. The van der Waals surface area contributed by atoms with E-state index in [1.807, 2.05) is 0 Å². The van der Waals surface area contributed by atoms with Gasteiger partial charge in [0.1, 0.15) is 17.8 Å². The summed E-state index contributed by atoms with van der Waals surface area (Å²) in [6.45, 7) is 0.409. The van der Waals surface area contributed by atoms with E-state index in [4.69, 9.17) is 39.2 Å². The van der Waals surface area contributed by atoms with Crippen LogP contribution in [-0.4, -0.2) is 74.9 Å². The number of hydrogen-bond donors (Lipinski definition) is 5. The second-order valence-electron chi connectivity index (χ2n) is 10.8. The van der Waals surface area contributed by atoms with Gasteiger partial charge in [0.15, 0.2) is 11.0 Å². The zero-order chi connectivity index (χ0) is 32.1. The van der Waals surface area contributed by atoms with Crippen molar-refractivity contribution in [2.24, 2.45) is 5.73 Å². The monoisotopic (exact) mass is 625 g/mol. The zero-order valence-corrected chi connectivity index (χ0v) is 26.0. The van der Waals surface area contributed by atoms with E-state index in [0.717, 1.165) is 36.8 Å². The Kier molecular flexibility index (Phi) is 15.0. The molecular formula is C27H50N3O9PS. The minimum absolute atomic E-state index is 0.0692. The van der Waals surface area contributed by atoms with E-state index in [1.54, 1.807) is 0 Å². The van der Waals surface area contributed by atoms with Crippen LogP contribution >= 0.6 is 20.0 Å². The molecule has 238 valence electrons. The number of rotatable bonds is 22. The molecule has 1 aromatic rings. The molecule has 2 heterocycles. The van der Waals surface area contributed by atoms with Gasteiger partial charge >= 0.3 is 7.82 Å². The van der Waals surface area contributed by atoms with Crippen LogP contribution in [0, 0.1) is 4.77 Å². The fourth-order valence-corrected chi connectivity index (χ4v) is 5.44. The third-order valence-corrected chi connectivity index (χ3v) is 8.10. The van der Waals surface area contributed by atoms with Crippen LogP contribution < -0.4 is 11.3 Å². The van der Waals surface area contributed by atoms with Crippen molar-refractivity contribution in [1.82, 2.24) is 9.55 Å². The van der Waals surface area contributed by atoms with E-state index >= 15 is 0 Å². The Labute approximate surface area is 251 Å². The van der Waals surface area contributed by atoms with Crippen molar-refractivity contribution in [3.8, 4) is 0 Å². The van der Waals surface area contributed by atoms with Crippen molar-refractivity contribution >= 4 is 20.0 Å². The maximum Gasteiger partial charge on any atom is 0.472 e. The van der Waals surface area contributed by atoms with Gasteiger partial charge in [-0.1, -0.05) is 77.6 Å². The molecule has 0 radical (unpaired) electrons. The summed E-state index contributed by atoms with van der Waals surface area (Å²) < 4.78 is 50.4. The quantitative estimate of drug-likeness (QED) is 0.0712. The lowest BCUT2D eigenvalue weighted by atomic mass is 9.96. The first-order chi connectivity index (χ1) is 20.2. The number of nitrogens with zero attached hydrogens (tertiary/aromatic N) is 1. The first-order valence-electron chi connectivity index (χ1n) is 15.6. The Balaban J connectivity index is 1.68. The van der Waals surface area contributed by atoms with Gasteiger partial charge in [0.2, 0.25) is 0 Å². The highest BCUT2D eigenvalue weighted by Crippen LogP contribution is 2.45. The average Bonchev–Trinajstić information content (AvgIpc) is 3.16. The van der Waals surface area contributed by atoms with Crippen molar-refractivity contribution in [1.29, 1.82) is 0 Å². The molecular weight excluding hydrogens is 573 g/mol. The lowest BCUT2D eigenvalue weighted by Crippen LogP contribution is -2.44. The maximum atomic E-state index is 12.5.